The van der Waals surface area contributed by atoms with Gasteiger partial charge in [-0.25, -0.2) is 4.79 Å². The van der Waals surface area contributed by atoms with E-state index in [1.54, 1.807) is 42.5 Å². The summed E-state index contributed by atoms with van der Waals surface area (Å²) in [4.78, 5) is 12.0. The number of methoxy groups -OCH3 is 1. The number of esters is 1. The van der Waals surface area contributed by atoms with Crippen LogP contribution in [0.3, 0.4) is 0 Å². The Hall–Kier alpha value is -1.42. The molecule has 1 N–H and O–H groups in total. The molecule has 0 fully saturated rings. The van der Waals surface area contributed by atoms with Crippen LogP contribution in [0.1, 0.15) is 11.6 Å². The molecule has 0 bridgehead atoms. The van der Waals surface area contributed by atoms with Gasteiger partial charge in [-0.2, -0.15) is 0 Å². The van der Waals surface area contributed by atoms with Crippen LogP contribution >= 0.6 is 34.8 Å². The number of carbonyl (C=O) groups excluding carboxylic acids is 1. The van der Waals surface area contributed by atoms with Gasteiger partial charge in [0.25, 0.3) is 0 Å². The second-order valence-electron chi connectivity index (χ2n) is 4.31. The van der Waals surface area contributed by atoms with Gasteiger partial charge in [0.2, 0.25) is 0 Å². The first-order chi connectivity index (χ1) is 9.99. The first kappa shape index (κ1) is 16.0. The number of ether oxygens (including phenoxy) is 1. The lowest BCUT2D eigenvalue weighted by Gasteiger charge is -2.18. The molecule has 1 atom stereocenters. The lowest BCUT2D eigenvalue weighted by molar-refractivity contribution is -0.141. The molecule has 1 unspecified atom stereocenters. The van der Waals surface area contributed by atoms with E-state index in [0.717, 1.165) is 5.69 Å². The van der Waals surface area contributed by atoms with Crippen molar-refractivity contribution in [2.24, 2.45) is 0 Å². The summed E-state index contributed by atoms with van der Waals surface area (Å²) in [5.41, 5.74) is 1.35. The number of hydrogen-bond acceptors (Lipinski definition) is 3. The standard InChI is InChI=1S/C15H12Cl3NO2/c1-21-15(20)14(9-6-11(17)8-12(18)7-9)19-13-4-2-10(16)3-5-13/h2-8,14,19H,1H3. The van der Waals surface area contributed by atoms with Crippen molar-refractivity contribution in [3.63, 3.8) is 0 Å². The topological polar surface area (TPSA) is 38.3 Å². The van der Waals surface area contributed by atoms with E-state index in [1.807, 2.05) is 0 Å². The zero-order valence-electron chi connectivity index (χ0n) is 11.1. The molecular weight excluding hydrogens is 333 g/mol. The average Bonchev–Trinajstić information content (AvgIpc) is 2.44. The third-order valence-electron chi connectivity index (χ3n) is 2.81. The normalized spacial score (nSPS) is 11.8. The van der Waals surface area contributed by atoms with Crippen molar-refractivity contribution >= 4 is 46.5 Å². The van der Waals surface area contributed by atoms with Crippen LogP contribution < -0.4 is 5.32 Å². The predicted octanol–water partition coefficient (Wildman–Crippen LogP) is 4.97. The lowest BCUT2D eigenvalue weighted by atomic mass is 10.1. The van der Waals surface area contributed by atoms with Gasteiger partial charge >= 0.3 is 5.97 Å². The Balaban J connectivity index is 2.34. The van der Waals surface area contributed by atoms with Crippen LogP contribution in [0.2, 0.25) is 15.1 Å². The minimum absolute atomic E-state index is 0.441. The third-order valence-corrected chi connectivity index (χ3v) is 3.50. The van der Waals surface area contributed by atoms with E-state index >= 15 is 0 Å². The van der Waals surface area contributed by atoms with Crippen LogP contribution in [-0.2, 0) is 9.53 Å². The van der Waals surface area contributed by atoms with Crippen LogP contribution in [0, 0.1) is 0 Å². The smallest absolute Gasteiger partial charge is 0.332 e. The summed E-state index contributed by atoms with van der Waals surface area (Å²) in [5, 5.41) is 4.59. The van der Waals surface area contributed by atoms with E-state index < -0.39 is 12.0 Å². The Kier molecular flexibility index (Phi) is 5.34. The van der Waals surface area contributed by atoms with Crippen molar-refractivity contribution in [1.29, 1.82) is 0 Å². The van der Waals surface area contributed by atoms with Crippen molar-refractivity contribution in [2.45, 2.75) is 6.04 Å². The Morgan fingerprint density at radius 3 is 2.10 bits per heavy atom. The zero-order valence-corrected chi connectivity index (χ0v) is 13.3. The molecule has 110 valence electrons. The highest BCUT2D eigenvalue weighted by Crippen LogP contribution is 2.27. The number of carbonyl (C=O) groups is 1. The lowest BCUT2D eigenvalue weighted by Crippen LogP contribution is -2.22. The summed E-state index contributed by atoms with van der Waals surface area (Å²) >= 11 is 17.8. The summed E-state index contributed by atoms with van der Waals surface area (Å²) < 4.78 is 4.83. The monoisotopic (exact) mass is 343 g/mol. The van der Waals surface area contributed by atoms with Gasteiger partial charge in [-0.05, 0) is 48.0 Å². The van der Waals surface area contributed by atoms with Gasteiger partial charge in [-0.15, -0.1) is 0 Å². The fourth-order valence-corrected chi connectivity index (χ4v) is 2.52. The molecular formula is C15H12Cl3NO2. The molecule has 6 heteroatoms. The van der Waals surface area contributed by atoms with E-state index in [-0.39, 0.29) is 0 Å². The minimum Gasteiger partial charge on any atom is -0.467 e. The van der Waals surface area contributed by atoms with Gasteiger partial charge in [0.05, 0.1) is 7.11 Å². The average molecular weight is 345 g/mol. The number of nitrogens with one attached hydrogen (secondary N) is 1. The van der Waals surface area contributed by atoms with Crippen molar-refractivity contribution < 1.29 is 9.53 Å². The second-order valence-corrected chi connectivity index (χ2v) is 5.62. The molecule has 2 aromatic carbocycles. The molecule has 0 saturated carbocycles. The largest absolute Gasteiger partial charge is 0.467 e. The van der Waals surface area contributed by atoms with Crippen LogP contribution in [-0.4, -0.2) is 13.1 Å². The SMILES string of the molecule is COC(=O)C(Nc1ccc(Cl)cc1)c1cc(Cl)cc(Cl)c1. The number of rotatable bonds is 4. The van der Waals surface area contributed by atoms with Crippen LogP contribution in [0.5, 0.6) is 0 Å². The fraction of sp³-hybridized carbons (Fsp3) is 0.133. The number of hydrogen-bond donors (Lipinski definition) is 1. The maximum Gasteiger partial charge on any atom is 0.332 e. The Morgan fingerprint density at radius 1 is 1.00 bits per heavy atom. The molecule has 0 radical (unpaired) electrons. The molecule has 0 saturated heterocycles. The highest BCUT2D eigenvalue weighted by Gasteiger charge is 2.22. The van der Waals surface area contributed by atoms with E-state index in [1.165, 1.54) is 7.11 Å². The molecule has 0 amide bonds. The van der Waals surface area contributed by atoms with Crippen molar-refractivity contribution in [1.82, 2.24) is 0 Å². The molecule has 2 aromatic rings. The molecule has 0 aliphatic heterocycles. The summed E-state index contributed by atoms with van der Waals surface area (Å²) in [7, 11) is 1.32. The molecule has 0 aromatic heterocycles. The van der Waals surface area contributed by atoms with E-state index in [2.05, 4.69) is 5.32 Å². The maximum absolute atomic E-state index is 12.0. The molecule has 0 spiro atoms. The van der Waals surface area contributed by atoms with Gasteiger partial charge in [0.15, 0.2) is 6.04 Å². The van der Waals surface area contributed by atoms with E-state index in [0.29, 0.717) is 20.6 Å². The van der Waals surface area contributed by atoms with Gasteiger partial charge in [-0.3, -0.25) is 0 Å². The molecule has 0 aliphatic rings. The number of anilines is 1. The second kappa shape index (κ2) is 7.03. The Bertz CT molecular complexity index is 624. The van der Waals surface area contributed by atoms with E-state index in [4.69, 9.17) is 39.5 Å². The van der Waals surface area contributed by atoms with Crippen LogP contribution in [0.25, 0.3) is 0 Å². The number of halogens is 3. The predicted molar refractivity (Wildman–Crippen MR) is 86.3 cm³/mol. The Morgan fingerprint density at radius 2 is 1.57 bits per heavy atom. The fourth-order valence-electron chi connectivity index (χ4n) is 1.85. The molecule has 0 aliphatic carbocycles. The minimum atomic E-state index is -0.715. The highest BCUT2D eigenvalue weighted by molar-refractivity contribution is 6.34. The quantitative estimate of drug-likeness (QED) is 0.796. The third kappa shape index (κ3) is 4.27. The van der Waals surface area contributed by atoms with Gasteiger partial charge in [0.1, 0.15) is 0 Å². The summed E-state index contributed by atoms with van der Waals surface area (Å²) in [5.74, 6) is -0.441. The van der Waals surface area contributed by atoms with Crippen molar-refractivity contribution in [2.75, 3.05) is 12.4 Å². The van der Waals surface area contributed by atoms with Crippen molar-refractivity contribution in [3.8, 4) is 0 Å². The first-order valence-electron chi connectivity index (χ1n) is 6.05. The van der Waals surface area contributed by atoms with Gasteiger partial charge in [-0.1, -0.05) is 34.8 Å². The van der Waals surface area contributed by atoms with E-state index in [9.17, 15) is 4.79 Å². The summed E-state index contributed by atoms with van der Waals surface area (Å²) in [6.07, 6.45) is 0. The van der Waals surface area contributed by atoms with Gasteiger partial charge < -0.3 is 10.1 Å². The highest BCUT2D eigenvalue weighted by atomic mass is 35.5. The van der Waals surface area contributed by atoms with Crippen LogP contribution in [0.4, 0.5) is 5.69 Å². The molecule has 21 heavy (non-hydrogen) atoms. The van der Waals surface area contributed by atoms with Crippen molar-refractivity contribution in [3.05, 3.63) is 63.1 Å². The first-order valence-corrected chi connectivity index (χ1v) is 7.19. The maximum atomic E-state index is 12.0. The summed E-state index contributed by atoms with van der Waals surface area (Å²) in [6.45, 7) is 0. The summed E-state index contributed by atoms with van der Waals surface area (Å²) in [6, 6.07) is 11.2. The molecule has 3 nitrogen and oxygen atoms in total. The Labute approximate surface area is 137 Å². The molecule has 0 heterocycles. The number of benzene rings is 2. The van der Waals surface area contributed by atoms with Gasteiger partial charge in [0, 0.05) is 20.8 Å². The van der Waals surface area contributed by atoms with Crippen LogP contribution in [0.15, 0.2) is 42.5 Å². The zero-order chi connectivity index (χ0) is 15.4. The molecule has 2 rings (SSSR count).